The van der Waals surface area contributed by atoms with Gasteiger partial charge < -0.3 is 14.7 Å². The number of ether oxygens (including phenoxy) is 1. The van der Waals surface area contributed by atoms with Crippen LogP contribution in [0.25, 0.3) is 0 Å². The highest BCUT2D eigenvalue weighted by Crippen LogP contribution is 2.30. The van der Waals surface area contributed by atoms with E-state index in [1.54, 1.807) is 44.3 Å². The van der Waals surface area contributed by atoms with Crippen molar-refractivity contribution in [3.63, 3.8) is 0 Å². The van der Waals surface area contributed by atoms with Gasteiger partial charge in [-0.1, -0.05) is 24.3 Å². The normalized spacial score (nSPS) is 11.6. The molecule has 23 heavy (non-hydrogen) atoms. The summed E-state index contributed by atoms with van der Waals surface area (Å²) in [6.45, 7) is 5.08. The van der Waals surface area contributed by atoms with Crippen LogP contribution in [0.15, 0.2) is 53.8 Å². The second kappa shape index (κ2) is 8.66. The van der Waals surface area contributed by atoms with Crippen molar-refractivity contribution in [3.05, 3.63) is 59.4 Å². The molecule has 5 nitrogen and oxygen atoms in total. The highest BCUT2D eigenvalue weighted by molar-refractivity contribution is 6.31. The second-order valence-corrected chi connectivity index (χ2v) is 5.12. The third-order valence-electron chi connectivity index (χ3n) is 2.82. The minimum Gasteiger partial charge on any atom is -0.480 e. The predicted octanol–water partition coefficient (Wildman–Crippen LogP) is 3.67. The van der Waals surface area contributed by atoms with E-state index in [-0.39, 0.29) is 6.54 Å². The largest absolute Gasteiger partial charge is 0.480 e. The average Bonchev–Trinajstić information content (AvgIpc) is 2.51. The fraction of sp³-hybridized carbons (Fsp3) is 0.176. The summed E-state index contributed by atoms with van der Waals surface area (Å²) < 4.78 is 5.72. The molecule has 0 aliphatic carbocycles. The van der Waals surface area contributed by atoms with Gasteiger partial charge in [0.15, 0.2) is 5.75 Å². The molecule has 0 unspecified atom stereocenters. The lowest BCUT2D eigenvalue weighted by Gasteiger charge is -2.20. The van der Waals surface area contributed by atoms with Crippen molar-refractivity contribution >= 4 is 23.3 Å². The van der Waals surface area contributed by atoms with Crippen LogP contribution in [-0.4, -0.2) is 24.7 Å². The van der Waals surface area contributed by atoms with Gasteiger partial charge in [-0.25, -0.2) is 0 Å². The summed E-state index contributed by atoms with van der Waals surface area (Å²) in [7, 11) is 1.63. The van der Waals surface area contributed by atoms with E-state index in [0.29, 0.717) is 27.8 Å². The molecule has 0 aliphatic heterocycles. The second-order valence-electron chi connectivity index (χ2n) is 4.68. The molecule has 120 valence electrons. The average molecular weight is 333 g/mol. The van der Waals surface area contributed by atoms with Crippen LogP contribution >= 0.6 is 11.6 Å². The molecule has 0 aliphatic rings. The fourth-order valence-electron chi connectivity index (χ4n) is 1.74. The number of nitriles is 1. The van der Waals surface area contributed by atoms with Gasteiger partial charge in [-0.15, -0.1) is 0 Å². The predicted molar refractivity (Wildman–Crippen MR) is 90.6 cm³/mol. The minimum atomic E-state index is -0.962. The van der Waals surface area contributed by atoms with Crippen LogP contribution in [0.2, 0.25) is 0 Å². The van der Waals surface area contributed by atoms with Crippen LogP contribution in [0.3, 0.4) is 0 Å². The van der Waals surface area contributed by atoms with E-state index in [4.69, 9.17) is 26.7 Å². The van der Waals surface area contributed by atoms with Crippen molar-refractivity contribution in [1.29, 1.82) is 5.26 Å². The molecule has 0 atom stereocenters. The first-order valence-corrected chi connectivity index (χ1v) is 7.06. The molecular formula is C17H17ClN2O3. The Labute approximate surface area is 140 Å². The van der Waals surface area contributed by atoms with Crippen LogP contribution < -0.4 is 9.64 Å². The molecule has 0 fully saturated rings. The number of hydrogen-bond donors (Lipinski definition) is 1. The number of likely N-dealkylation sites (N-methyl/N-ethyl adjacent to an activating group) is 1. The van der Waals surface area contributed by atoms with E-state index < -0.39 is 5.97 Å². The summed E-state index contributed by atoms with van der Waals surface area (Å²) in [6, 6.07) is 6.84. The Morgan fingerprint density at radius 3 is 2.78 bits per heavy atom. The first-order chi connectivity index (χ1) is 10.9. The molecule has 1 rings (SSSR count). The van der Waals surface area contributed by atoms with E-state index in [1.807, 2.05) is 6.07 Å². The molecule has 1 aromatic rings. The Hall–Kier alpha value is -2.71. The van der Waals surface area contributed by atoms with Gasteiger partial charge in [-0.05, 0) is 31.2 Å². The van der Waals surface area contributed by atoms with Crippen molar-refractivity contribution in [3.8, 4) is 11.8 Å². The highest BCUT2D eigenvalue weighted by atomic mass is 35.5. The topological polar surface area (TPSA) is 73.6 Å². The fourth-order valence-corrected chi connectivity index (χ4v) is 1.80. The van der Waals surface area contributed by atoms with E-state index in [1.165, 1.54) is 11.0 Å². The van der Waals surface area contributed by atoms with E-state index in [9.17, 15) is 4.79 Å². The molecule has 0 aromatic heterocycles. The van der Waals surface area contributed by atoms with Gasteiger partial charge in [0.2, 0.25) is 0 Å². The van der Waals surface area contributed by atoms with Crippen LogP contribution in [0.5, 0.6) is 5.75 Å². The zero-order valence-electron chi connectivity index (χ0n) is 12.9. The summed E-state index contributed by atoms with van der Waals surface area (Å²) in [6.07, 6.45) is 4.77. The molecule has 0 heterocycles. The summed E-state index contributed by atoms with van der Waals surface area (Å²) in [5.41, 5.74) is 0.984. The lowest BCUT2D eigenvalue weighted by molar-refractivity contribution is -0.135. The maximum atomic E-state index is 10.9. The van der Waals surface area contributed by atoms with Crippen molar-refractivity contribution in [2.75, 3.05) is 18.5 Å². The summed E-state index contributed by atoms with van der Waals surface area (Å²) in [4.78, 5) is 12.4. The van der Waals surface area contributed by atoms with Crippen molar-refractivity contribution in [2.45, 2.75) is 6.92 Å². The van der Waals surface area contributed by atoms with Crippen LogP contribution in [-0.2, 0) is 4.79 Å². The SMILES string of the molecule is C=C/C(Cl)=C\C=C(/C)Oc1cc(C#N)ccc1N(C)CC(=O)O. The number of hydrogen-bond acceptors (Lipinski definition) is 4. The summed E-state index contributed by atoms with van der Waals surface area (Å²) in [5.74, 6) is -0.0366. The van der Waals surface area contributed by atoms with E-state index in [0.717, 1.165) is 0 Å². The molecule has 0 saturated heterocycles. The lowest BCUT2D eigenvalue weighted by Crippen LogP contribution is -2.25. The molecule has 0 spiro atoms. The Bertz CT molecular complexity index is 702. The number of carbonyl (C=O) groups is 1. The number of anilines is 1. The highest BCUT2D eigenvalue weighted by Gasteiger charge is 2.13. The minimum absolute atomic E-state index is 0.187. The third kappa shape index (κ3) is 5.89. The maximum Gasteiger partial charge on any atom is 0.323 e. The Kier molecular flexibility index (Phi) is 6.91. The maximum absolute atomic E-state index is 10.9. The lowest BCUT2D eigenvalue weighted by atomic mass is 10.2. The van der Waals surface area contributed by atoms with Gasteiger partial charge in [0.25, 0.3) is 0 Å². The number of halogens is 1. The van der Waals surface area contributed by atoms with Crippen molar-refractivity contribution < 1.29 is 14.6 Å². The molecule has 0 amide bonds. The molecule has 1 N–H and O–H groups in total. The summed E-state index contributed by atoms with van der Waals surface area (Å²) >= 11 is 5.83. The first kappa shape index (κ1) is 18.3. The van der Waals surface area contributed by atoms with Crippen LogP contribution in [0.4, 0.5) is 5.69 Å². The van der Waals surface area contributed by atoms with E-state index >= 15 is 0 Å². The van der Waals surface area contributed by atoms with Crippen LogP contribution in [0.1, 0.15) is 12.5 Å². The zero-order chi connectivity index (χ0) is 17.4. The molecule has 6 heteroatoms. The van der Waals surface area contributed by atoms with Gasteiger partial charge in [-0.3, -0.25) is 4.79 Å². The first-order valence-electron chi connectivity index (χ1n) is 6.68. The van der Waals surface area contributed by atoms with E-state index in [2.05, 4.69) is 6.58 Å². The van der Waals surface area contributed by atoms with Gasteiger partial charge in [0, 0.05) is 18.1 Å². The number of carboxylic acid groups (broad SMARTS) is 1. The Morgan fingerprint density at radius 2 is 2.22 bits per heavy atom. The number of benzene rings is 1. The van der Waals surface area contributed by atoms with Gasteiger partial charge in [0.1, 0.15) is 12.3 Å². The monoisotopic (exact) mass is 332 g/mol. The standard InChI is InChI=1S/C17H17ClN2O3/c1-4-14(18)7-5-12(2)23-16-9-13(10-19)6-8-15(16)20(3)11-17(21)22/h4-9H,1,11H2,2-3H3,(H,21,22)/b12-5+,14-7+. The Balaban J connectivity index is 3.14. The number of allylic oxidation sites excluding steroid dienone is 5. The molecule has 0 saturated carbocycles. The number of aliphatic carboxylic acids is 1. The molecular weight excluding hydrogens is 316 g/mol. The number of rotatable bonds is 7. The molecule has 0 radical (unpaired) electrons. The smallest absolute Gasteiger partial charge is 0.323 e. The Morgan fingerprint density at radius 1 is 1.52 bits per heavy atom. The van der Waals surface area contributed by atoms with Gasteiger partial charge in [-0.2, -0.15) is 5.26 Å². The van der Waals surface area contributed by atoms with Crippen molar-refractivity contribution in [2.24, 2.45) is 0 Å². The van der Waals surface area contributed by atoms with Gasteiger partial charge in [0.05, 0.1) is 17.3 Å². The van der Waals surface area contributed by atoms with Gasteiger partial charge >= 0.3 is 5.97 Å². The quantitative estimate of drug-likeness (QED) is 0.609. The molecule has 0 bridgehead atoms. The number of carboxylic acids is 1. The zero-order valence-corrected chi connectivity index (χ0v) is 13.7. The van der Waals surface area contributed by atoms with Crippen LogP contribution in [0, 0.1) is 11.3 Å². The molecule has 1 aromatic carbocycles. The van der Waals surface area contributed by atoms with Crippen molar-refractivity contribution in [1.82, 2.24) is 0 Å². The summed E-state index contributed by atoms with van der Waals surface area (Å²) in [5, 5.41) is 18.4. The third-order valence-corrected chi connectivity index (χ3v) is 3.10. The number of nitrogens with zero attached hydrogens (tertiary/aromatic N) is 2.